The van der Waals surface area contributed by atoms with E-state index >= 15 is 0 Å². The van der Waals surface area contributed by atoms with E-state index in [2.05, 4.69) is 28.3 Å². The molecule has 0 spiro atoms. The zero-order valence-electron chi connectivity index (χ0n) is 10.9. The van der Waals surface area contributed by atoms with E-state index in [9.17, 15) is 0 Å². The predicted octanol–water partition coefficient (Wildman–Crippen LogP) is 2.52. The highest BCUT2D eigenvalue weighted by Crippen LogP contribution is 2.25. The summed E-state index contributed by atoms with van der Waals surface area (Å²) in [7, 11) is 0. The Morgan fingerprint density at radius 1 is 1.33 bits per heavy atom. The van der Waals surface area contributed by atoms with E-state index in [4.69, 9.17) is 11.5 Å². The van der Waals surface area contributed by atoms with Crippen LogP contribution in [-0.2, 0) is 0 Å². The third-order valence-corrected chi connectivity index (χ3v) is 3.28. The Hall–Kier alpha value is -1.43. The molecule has 0 fully saturated rings. The second-order valence-electron chi connectivity index (χ2n) is 3.79. The average molecular weight is 267 g/mol. The van der Waals surface area contributed by atoms with Crippen molar-refractivity contribution in [1.82, 2.24) is 9.97 Å². The SMILES string of the molecule is C/C=C\CCNc1nc(SCCC)nc(N)c1N. The third kappa shape index (κ3) is 4.44. The van der Waals surface area contributed by atoms with Gasteiger partial charge in [-0.05, 0) is 19.8 Å². The second kappa shape index (κ2) is 7.81. The second-order valence-corrected chi connectivity index (χ2v) is 4.85. The molecule has 100 valence electrons. The van der Waals surface area contributed by atoms with Crippen molar-refractivity contribution in [1.29, 1.82) is 0 Å². The maximum Gasteiger partial charge on any atom is 0.191 e. The minimum Gasteiger partial charge on any atom is -0.393 e. The molecule has 0 bridgehead atoms. The lowest BCUT2D eigenvalue weighted by atomic mass is 10.3. The molecule has 0 atom stereocenters. The number of rotatable bonds is 7. The van der Waals surface area contributed by atoms with Gasteiger partial charge in [0, 0.05) is 12.3 Å². The number of thioether (sulfide) groups is 1. The van der Waals surface area contributed by atoms with Crippen molar-refractivity contribution in [3.05, 3.63) is 12.2 Å². The van der Waals surface area contributed by atoms with Gasteiger partial charge in [0.2, 0.25) is 0 Å². The molecule has 6 heteroatoms. The Labute approximate surface area is 112 Å². The molecule has 0 aliphatic carbocycles. The van der Waals surface area contributed by atoms with Crippen LogP contribution in [-0.4, -0.2) is 22.3 Å². The normalized spacial score (nSPS) is 11.0. The first-order valence-corrected chi connectivity index (χ1v) is 7.08. The molecule has 0 amide bonds. The smallest absolute Gasteiger partial charge is 0.191 e. The van der Waals surface area contributed by atoms with Crippen LogP contribution in [0, 0.1) is 0 Å². The van der Waals surface area contributed by atoms with Gasteiger partial charge in [-0.3, -0.25) is 0 Å². The molecule has 1 aromatic rings. The number of anilines is 3. The van der Waals surface area contributed by atoms with Gasteiger partial charge in [-0.25, -0.2) is 9.97 Å². The van der Waals surface area contributed by atoms with Crippen molar-refractivity contribution in [3.8, 4) is 0 Å². The maximum absolute atomic E-state index is 5.86. The van der Waals surface area contributed by atoms with Gasteiger partial charge in [-0.2, -0.15) is 0 Å². The van der Waals surface area contributed by atoms with Crippen LogP contribution in [0.25, 0.3) is 0 Å². The predicted molar refractivity (Wildman–Crippen MR) is 79.8 cm³/mol. The van der Waals surface area contributed by atoms with E-state index in [-0.39, 0.29) is 0 Å². The molecule has 0 saturated carbocycles. The van der Waals surface area contributed by atoms with E-state index < -0.39 is 0 Å². The maximum atomic E-state index is 5.86. The van der Waals surface area contributed by atoms with E-state index in [0.29, 0.717) is 22.5 Å². The van der Waals surface area contributed by atoms with Crippen LogP contribution in [0.3, 0.4) is 0 Å². The zero-order valence-corrected chi connectivity index (χ0v) is 11.8. The summed E-state index contributed by atoms with van der Waals surface area (Å²) in [6.45, 7) is 4.89. The van der Waals surface area contributed by atoms with Crippen LogP contribution in [0.5, 0.6) is 0 Å². The Balaban J connectivity index is 2.72. The highest BCUT2D eigenvalue weighted by molar-refractivity contribution is 7.99. The first-order chi connectivity index (χ1) is 8.69. The lowest BCUT2D eigenvalue weighted by molar-refractivity contribution is 0.953. The van der Waals surface area contributed by atoms with Crippen LogP contribution < -0.4 is 16.8 Å². The monoisotopic (exact) mass is 267 g/mol. The molecule has 5 nitrogen and oxygen atoms in total. The fourth-order valence-electron chi connectivity index (χ4n) is 1.30. The Morgan fingerprint density at radius 3 is 2.78 bits per heavy atom. The molecule has 0 aliphatic heterocycles. The van der Waals surface area contributed by atoms with Gasteiger partial charge in [0.15, 0.2) is 16.8 Å². The molecule has 5 N–H and O–H groups in total. The largest absolute Gasteiger partial charge is 0.393 e. The molecule has 0 aromatic carbocycles. The summed E-state index contributed by atoms with van der Waals surface area (Å²) in [5, 5.41) is 3.86. The molecular weight excluding hydrogens is 246 g/mol. The van der Waals surface area contributed by atoms with Crippen LogP contribution in [0.4, 0.5) is 17.3 Å². The van der Waals surface area contributed by atoms with Gasteiger partial charge in [0.05, 0.1) is 0 Å². The number of hydrogen-bond donors (Lipinski definition) is 3. The molecule has 0 unspecified atom stereocenters. The van der Waals surface area contributed by atoms with Gasteiger partial charge in [0.1, 0.15) is 5.69 Å². The molecular formula is C12H21N5S. The Morgan fingerprint density at radius 2 is 2.11 bits per heavy atom. The molecule has 0 aliphatic rings. The first-order valence-electron chi connectivity index (χ1n) is 6.09. The minimum absolute atomic E-state index is 0.345. The summed E-state index contributed by atoms with van der Waals surface area (Å²) in [5.41, 5.74) is 12.1. The Bertz CT molecular complexity index is 406. The summed E-state index contributed by atoms with van der Waals surface area (Å²) in [6.07, 6.45) is 6.10. The van der Waals surface area contributed by atoms with Crippen LogP contribution >= 0.6 is 11.8 Å². The molecule has 1 rings (SSSR count). The van der Waals surface area contributed by atoms with Crippen molar-refractivity contribution < 1.29 is 0 Å². The van der Waals surface area contributed by atoms with Gasteiger partial charge in [-0.15, -0.1) is 0 Å². The van der Waals surface area contributed by atoms with Crippen LogP contribution in [0.2, 0.25) is 0 Å². The van der Waals surface area contributed by atoms with E-state index in [1.165, 1.54) is 0 Å². The number of nitrogen functional groups attached to an aromatic ring is 2. The third-order valence-electron chi connectivity index (χ3n) is 2.23. The fourth-order valence-corrected chi connectivity index (χ4v) is 2.00. The van der Waals surface area contributed by atoms with Gasteiger partial charge in [-0.1, -0.05) is 30.8 Å². The van der Waals surface area contributed by atoms with Gasteiger partial charge < -0.3 is 16.8 Å². The number of nitrogens with zero attached hydrogens (tertiary/aromatic N) is 2. The summed E-state index contributed by atoms with van der Waals surface area (Å²) in [4.78, 5) is 8.55. The number of allylic oxidation sites excluding steroid dienone is 1. The molecule has 1 heterocycles. The topological polar surface area (TPSA) is 89.8 Å². The highest BCUT2D eigenvalue weighted by atomic mass is 32.2. The van der Waals surface area contributed by atoms with Crippen LogP contribution in [0.1, 0.15) is 26.7 Å². The first kappa shape index (κ1) is 14.6. The van der Waals surface area contributed by atoms with Gasteiger partial charge >= 0.3 is 0 Å². The fraction of sp³-hybridized carbons (Fsp3) is 0.500. The van der Waals surface area contributed by atoms with Crippen molar-refractivity contribution in [3.63, 3.8) is 0 Å². The summed E-state index contributed by atoms with van der Waals surface area (Å²) in [6, 6.07) is 0. The molecule has 18 heavy (non-hydrogen) atoms. The minimum atomic E-state index is 0.345. The van der Waals surface area contributed by atoms with Crippen molar-refractivity contribution in [2.75, 3.05) is 29.1 Å². The molecule has 0 radical (unpaired) electrons. The number of nitrogens with one attached hydrogen (secondary N) is 1. The van der Waals surface area contributed by atoms with Gasteiger partial charge in [0.25, 0.3) is 0 Å². The van der Waals surface area contributed by atoms with Crippen molar-refractivity contribution in [2.45, 2.75) is 31.8 Å². The number of nitrogens with two attached hydrogens (primary N) is 2. The van der Waals surface area contributed by atoms with Crippen molar-refractivity contribution in [2.24, 2.45) is 0 Å². The van der Waals surface area contributed by atoms with Crippen molar-refractivity contribution >= 4 is 29.1 Å². The zero-order chi connectivity index (χ0) is 13.4. The number of hydrogen-bond acceptors (Lipinski definition) is 6. The summed E-state index contributed by atoms with van der Waals surface area (Å²) in [5.74, 6) is 1.95. The molecule has 0 saturated heterocycles. The van der Waals surface area contributed by atoms with E-state index in [1.54, 1.807) is 11.8 Å². The molecule has 1 aromatic heterocycles. The number of aromatic nitrogens is 2. The van der Waals surface area contributed by atoms with Crippen LogP contribution in [0.15, 0.2) is 17.3 Å². The highest BCUT2D eigenvalue weighted by Gasteiger charge is 2.09. The quantitative estimate of drug-likeness (QED) is 0.304. The lowest BCUT2D eigenvalue weighted by Crippen LogP contribution is -2.10. The average Bonchev–Trinajstić information content (AvgIpc) is 2.37. The summed E-state index contributed by atoms with van der Waals surface area (Å²) >= 11 is 1.59. The summed E-state index contributed by atoms with van der Waals surface area (Å²) < 4.78 is 0. The van der Waals surface area contributed by atoms with E-state index in [0.717, 1.165) is 25.1 Å². The lowest BCUT2D eigenvalue weighted by Gasteiger charge is -2.10. The van der Waals surface area contributed by atoms with E-state index in [1.807, 2.05) is 13.0 Å². The Kier molecular flexibility index (Phi) is 6.35. The standard InChI is InChI=1S/C12H21N5S/c1-3-5-6-7-15-11-9(13)10(14)16-12(17-11)18-8-4-2/h3,5H,4,6-8,13H2,1-2H3,(H3,14,15,16,17)/b5-3-.